The van der Waals surface area contributed by atoms with Crippen LogP contribution in [0.25, 0.3) is 0 Å². The average Bonchev–Trinajstić information content (AvgIpc) is 2.65. The number of phenolic OH excluding ortho intramolecular Hbond substituents is 1. The van der Waals surface area contributed by atoms with Crippen molar-refractivity contribution in [3.63, 3.8) is 0 Å². The number of aromatic nitrogens is 2. The van der Waals surface area contributed by atoms with Crippen LogP contribution in [0.4, 0.5) is 0 Å². The van der Waals surface area contributed by atoms with Gasteiger partial charge in [-0.25, -0.2) is 4.79 Å². The summed E-state index contributed by atoms with van der Waals surface area (Å²) in [4.78, 5) is 36.1. The van der Waals surface area contributed by atoms with Crippen molar-refractivity contribution in [2.24, 2.45) is 14.1 Å². The van der Waals surface area contributed by atoms with E-state index >= 15 is 0 Å². The number of hydrogen-bond donors (Lipinski definition) is 1. The fourth-order valence-electron chi connectivity index (χ4n) is 3.37. The number of ether oxygens (including phenoxy) is 1. The number of hydrogen-bond acceptors (Lipinski definition) is 5. The maximum atomic E-state index is 12.3. The van der Waals surface area contributed by atoms with Gasteiger partial charge in [0.1, 0.15) is 12.4 Å². The smallest absolute Gasteiger partial charge is 0.330 e. The highest BCUT2D eigenvalue weighted by Crippen LogP contribution is 2.39. The van der Waals surface area contributed by atoms with E-state index in [-0.39, 0.29) is 23.9 Å². The molecule has 0 saturated heterocycles. The summed E-state index contributed by atoms with van der Waals surface area (Å²) in [5.41, 5.74) is 1.59. The van der Waals surface area contributed by atoms with E-state index in [2.05, 4.69) is 0 Å². The van der Waals surface area contributed by atoms with Gasteiger partial charge in [0.25, 0.3) is 5.56 Å². The van der Waals surface area contributed by atoms with Gasteiger partial charge >= 0.3 is 11.7 Å². The van der Waals surface area contributed by atoms with E-state index < -0.39 is 17.2 Å². The largest absolute Gasteiger partial charge is 0.507 e. The van der Waals surface area contributed by atoms with E-state index in [1.807, 2.05) is 53.7 Å². The number of nitrogens with zero attached hydrogens (tertiary/aromatic N) is 2. The van der Waals surface area contributed by atoms with Gasteiger partial charge in [0.05, 0.1) is 5.69 Å². The first-order valence-corrected chi connectivity index (χ1v) is 10.4. The Morgan fingerprint density at radius 3 is 1.94 bits per heavy atom. The molecule has 0 unspecified atom stereocenters. The van der Waals surface area contributed by atoms with E-state index in [0.717, 1.165) is 21.3 Å². The van der Waals surface area contributed by atoms with Gasteiger partial charge < -0.3 is 9.84 Å². The highest BCUT2D eigenvalue weighted by Gasteiger charge is 2.26. The van der Waals surface area contributed by atoms with Crippen molar-refractivity contribution in [1.82, 2.24) is 9.13 Å². The lowest BCUT2D eigenvalue weighted by Crippen LogP contribution is -2.38. The van der Waals surface area contributed by atoms with Crippen molar-refractivity contribution in [2.45, 2.75) is 71.8 Å². The molecule has 1 aromatic carbocycles. The van der Waals surface area contributed by atoms with Crippen LogP contribution in [0.2, 0.25) is 0 Å². The Morgan fingerprint density at radius 1 is 0.935 bits per heavy atom. The fourth-order valence-corrected chi connectivity index (χ4v) is 3.37. The van der Waals surface area contributed by atoms with Crippen LogP contribution >= 0.6 is 0 Å². The van der Waals surface area contributed by atoms with Gasteiger partial charge in [0.15, 0.2) is 0 Å². The van der Waals surface area contributed by atoms with E-state index in [1.54, 1.807) is 0 Å². The van der Waals surface area contributed by atoms with Gasteiger partial charge in [-0.05, 0) is 33.9 Å². The fraction of sp³-hybridized carbons (Fsp3) is 0.542. The SMILES string of the molecule is Cn1c(COC(=O)CCc2cc(C(C)(C)C)c(O)c(C(C)(C)C)c2)cc(=O)n(C)c1=O. The molecule has 2 aromatic rings. The minimum atomic E-state index is -0.466. The van der Waals surface area contributed by atoms with Crippen molar-refractivity contribution in [3.8, 4) is 5.75 Å². The highest BCUT2D eigenvalue weighted by atomic mass is 16.5. The molecule has 1 heterocycles. The van der Waals surface area contributed by atoms with Crippen LogP contribution < -0.4 is 11.2 Å². The molecule has 0 aliphatic carbocycles. The molecule has 0 atom stereocenters. The third-order valence-electron chi connectivity index (χ3n) is 5.41. The third kappa shape index (κ3) is 5.66. The number of aryl methyl sites for hydroxylation is 1. The normalized spacial score (nSPS) is 12.1. The lowest BCUT2D eigenvalue weighted by atomic mass is 9.78. The lowest BCUT2D eigenvalue weighted by Gasteiger charge is -2.28. The first-order valence-electron chi connectivity index (χ1n) is 10.4. The summed E-state index contributed by atoms with van der Waals surface area (Å²) in [6.07, 6.45) is 0.609. The Labute approximate surface area is 183 Å². The van der Waals surface area contributed by atoms with Crippen LogP contribution in [0.5, 0.6) is 5.75 Å². The van der Waals surface area contributed by atoms with Gasteiger partial charge in [0, 0.05) is 26.6 Å². The van der Waals surface area contributed by atoms with E-state index in [1.165, 1.54) is 24.7 Å². The Bertz CT molecular complexity index is 1060. The molecule has 0 spiro atoms. The molecule has 1 aromatic heterocycles. The second-order valence-corrected chi connectivity index (χ2v) is 10.1. The van der Waals surface area contributed by atoms with E-state index in [9.17, 15) is 19.5 Å². The van der Waals surface area contributed by atoms with Crippen LogP contribution in [0.3, 0.4) is 0 Å². The third-order valence-corrected chi connectivity index (χ3v) is 5.41. The number of rotatable bonds is 5. The van der Waals surface area contributed by atoms with Gasteiger partial charge in [-0.15, -0.1) is 0 Å². The van der Waals surface area contributed by atoms with Crippen molar-refractivity contribution >= 4 is 5.97 Å². The molecule has 0 bridgehead atoms. The molecule has 7 nitrogen and oxygen atoms in total. The molecule has 0 saturated carbocycles. The minimum Gasteiger partial charge on any atom is -0.507 e. The maximum Gasteiger partial charge on any atom is 0.330 e. The van der Waals surface area contributed by atoms with Crippen molar-refractivity contribution in [1.29, 1.82) is 0 Å². The van der Waals surface area contributed by atoms with E-state index in [0.29, 0.717) is 17.9 Å². The second kappa shape index (κ2) is 8.73. The van der Waals surface area contributed by atoms with Crippen LogP contribution in [0, 0.1) is 0 Å². The summed E-state index contributed by atoms with van der Waals surface area (Å²) in [5.74, 6) is -0.117. The zero-order valence-electron chi connectivity index (χ0n) is 19.8. The van der Waals surface area contributed by atoms with Crippen LogP contribution in [0.1, 0.15) is 70.3 Å². The lowest BCUT2D eigenvalue weighted by molar-refractivity contribution is -0.145. The molecule has 2 rings (SSSR count). The molecule has 0 aliphatic rings. The first kappa shape index (κ1) is 24.4. The number of carbonyl (C=O) groups is 1. The van der Waals surface area contributed by atoms with Crippen LogP contribution in [0.15, 0.2) is 27.8 Å². The zero-order valence-corrected chi connectivity index (χ0v) is 19.8. The average molecular weight is 431 g/mol. The number of carbonyl (C=O) groups excluding carboxylic acids is 1. The monoisotopic (exact) mass is 430 g/mol. The Balaban J connectivity index is 2.17. The molecular weight excluding hydrogens is 396 g/mol. The van der Waals surface area contributed by atoms with Crippen molar-refractivity contribution in [2.75, 3.05) is 0 Å². The predicted octanol–water partition coefficient (Wildman–Crippen LogP) is 3.06. The summed E-state index contributed by atoms with van der Waals surface area (Å²) in [6.45, 7) is 12.1. The van der Waals surface area contributed by atoms with Crippen molar-refractivity contribution in [3.05, 3.63) is 61.4 Å². The summed E-state index contributed by atoms with van der Waals surface area (Å²) in [7, 11) is 2.93. The van der Waals surface area contributed by atoms with Gasteiger partial charge in [-0.3, -0.25) is 18.7 Å². The summed E-state index contributed by atoms with van der Waals surface area (Å²) in [6, 6.07) is 5.19. The van der Waals surface area contributed by atoms with Gasteiger partial charge in [-0.1, -0.05) is 53.7 Å². The van der Waals surface area contributed by atoms with Gasteiger partial charge in [-0.2, -0.15) is 0 Å². The number of esters is 1. The molecule has 31 heavy (non-hydrogen) atoms. The molecule has 0 amide bonds. The van der Waals surface area contributed by atoms with Crippen LogP contribution in [-0.4, -0.2) is 20.2 Å². The molecule has 170 valence electrons. The predicted molar refractivity (Wildman–Crippen MR) is 121 cm³/mol. The number of phenols is 1. The molecule has 1 N–H and O–H groups in total. The van der Waals surface area contributed by atoms with E-state index in [4.69, 9.17) is 4.74 Å². The molecule has 7 heteroatoms. The van der Waals surface area contributed by atoms with Crippen LogP contribution in [-0.2, 0) is 47.5 Å². The highest BCUT2D eigenvalue weighted by molar-refractivity contribution is 5.69. The summed E-state index contributed by atoms with van der Waals surface area (Å²) < 4.78 is 7.59. The summed E-state index contributed by atoms with van der Waals surface area (Å²) >= 11 is 0. The minimum absolute atomic E-state index is 0.142. The topological polar surface area (TPSA) is 90.5 Å². The first-order chi connectivity index (χ1) is 14.1. The Hall–Kier alpha value is -2.83. The Morgan fingerprint density at radius 2 is 1.45 bits per heavy atom. The number of aromatic hydroxyl groups is 1. The van der Waals surface area contributed by atoms with Crippen molar-refractivity contribution < 1.29 is 14.6 Å². The second-order valence-electron chi connectivity index (χ2n) is 10.1. The number of benzene rings is 1. The molecule has 0 fully saturated rings. The quantitative estimate of drug-likeness (QED) is 0.737. The standard InChI is InChI=1S/C24H34N2O5/c1-23(2,3)17-11-15(12-18(21(17)29)24(4,5)6)9-10-20(28)31-14-16-13-19(27)26(8)22(30)25(16)7/h11-13,29H,9-10,14H2,1-8H3. The molecule has 0 aliphatic heterocycles. The molecular formula is C24H34N2O5. The molecule has 0 radical (unpaired) electrons. The van der Waals surface area contributed by atoms with Gasteiger partial charge in [0.2, 0.25) is 0 Å². The summed E-state index contributed by atoms with van der Waals surface area (Å²) in [5, 5.41) is 10.8. The maximum absolute atomic E-state index is 12.3. The zero-order chi connectivity index (χ0) is 23.7. The Kier molecular flexibility index (Phi) is 6.88.